The number of anilines is 1. The summed E-state index contributed by atoms with van der Waals surface area (Å²) in [6, 6.07) is 11.7. The van der Waals surface area contributed by atoms with E-state index in [4.69, 9.17) is 11.0 Å². The standard InChI is InChI=1S/C15H14N4O2/c16-7-11-1-3-12(4-2-11)8-18-14(20)10-19-9-13(17)5-6-15(19)21/h1-6,9H,8,10,17H2,(H,18,20). The van der Waals surface area contributed by atoms with Gasteiger partial charge in [0, 0.05) is 24.5 Å². The lowest BCUT2D eigenvalue weighted by Gasteiger charge is -2.08. The Morgan fingerprint density at radius 2 is 1.95 bits per heavy atom. The van der Waals surface area contributed by atoms with E-state index in [1.54, 1.807) is 24.3 Å². The van der Waals surface area contributed by atoms with Gasteiger partial charge in [-0.05, 0) is 23.8 Å². The van der Waals surface area contributed by atoms with E-state index in [0.29, 0.717) is 17.8 Å². The van der Waals surface area contributed by atoms with Gasteiger partial charge in [-0.2, -0.15) is 5.26 Å². The van der Waals surface area contributed by atoms with Crippen LogP contribution in [0.15, 0.2) is 47.4 Å². The fourth-order valence-corrected chi connectivity index (χ4v) is 1.78. The maximum Gasteiger partial charge on any atom is 0.251 e. The Bertz CT molecular complexity index is 742. The van der Waals surface area contributed by atoms with E-state index in [1.807, 2.05) is 6.07 Å². The first-order chi connectivity index (χ1) is 10.1. The Balaban J connectivity index is 1.94. The van der Waals surface area contributed by atoms with Crippen molar-refractivity contribution in [2.75, 3.05) is 5.73 Å². The van der Waals surface area contributed by atoms with Gasteiger partial charge in [-0.3, -0.25) is 9.59 Å². The molecule has 21 heavy (non-hydrogen) atoms. The smallest absolute Gasteiger partial charge is 0.251 e. The number of nitrogens with two attached hydrogens (primary N) is 1. The lowest BCUT2D eigenvalue weighted by molar-refractivity contribution is -0.121. The molecule has 0 saturated carbocycles. The normalized spacial score (nSPS) is 9.86. The molecule has 0 unspecified atom stereocenters. The highest BCUT2D eigenvalue weighted by Gasteiger charge is 2.04. The molecule has 1 aromatic heterocycles. The molecule has 0 spiro atoms. The average Bonchev–Trinajstić information content (AvgIpc) is 2.49. The predicted molar refractivity (Wildman–Crippen MR) is 78.1 cm³/mol. The molecule has 106 valence electrons. The Hall–Kier alpha value is -3.07. The van der Waals surface area contributed by atoms with Crippen molar-refractivity contribution < 1.29 is 4.79 Å². The summed E-state index contributed by atoms with van der Waals surface area (Å²) < 4.78 is 1.25. The lowest BCUT2D eigenvalue weighted by atomic mass is 10.1. The number of benzene rings is 1. The minimum absolute atomic E-state index is 0.0832. The van der Waals surface area contributed by atoms with Crippen LogP contribution >= 0.6 is 0 Å². The second-order valence-corrected chi connectivity index (χ2v) is 4.51. The number of nitriles is 1. The van der Waals surface area contributed by atoms with Gasteiger partial charge in [0.25, 0.3) is 5.56 Å². The zero-order valence-corrected chi connectivity index (χ0v) is 11.2. The molecule has 0 saturated heterocycles. The quantitative estimate of drug-likeness (QED) is 0.858. The van der Waals surface area contributed by atoms with E-state index in [-0.39, 0.29) is 18.0 Å². The predicted octanol–water partition coefficient (Wildman–Crippen LogP) is 0.619. The van der Waals surface area contributed by atoms with Crippen LogP contribution in [0.1, 0.15) is 11.1 Å². The van der Waals surface area contributed by atoms with E-state index in [0.717, 1.165) is 5.56 Å². The molecule has 0 aliphatic rings. The molecule has 0 fully saturated rings. The average molecular weight is 282 g/mol. The first kappa shape index (κ1) is 14.3. The Morgan fingerprint density at radius 3 is 2.62 bits per heavy atom. The maximum absolute atomic E-state index is 11.8. The number of nitrogens with zero attached hydrogens (tertiary/aromatic N) is 2. The van der Waals surface area contributed by atoms with Gasteiger partial charge in [-0.1, -0.05) is 12.1 Å². The first-order valence-electron chi connectivity index (χ1n) is 6.30. The number of nitrogen functional groups attached to an aromatic ring is 1. The van der Waals surface area contributed by atoms with E-state index < -0.39 is 0 Å². The Morgan fingerprint density at radius 1 is 1.24 bits per heavy atom. The van der Waals surface area contributed by atoms with Gasteiger partial charge >= 0.3 is 0 Å². The molecular weight excluding hydrogens is 268 g/mol. The number of hydrogen-bond donors (Lipinski definition) is 2. The number of nitrogens with one attached hydrogen (secondary N) is 1. The fraction of sp³-hybridized carbons (Fsp3) is 0.133. The minimum Gasteiger partial charge on any atom is -0.398 e. The van der Waals surface area contributed by atoms with Crippen molar-refractivity contribution in [3.63, 3.8) is 0 Å². The highest BCUT2D eigenvalue weighted by Crippen LogP contribution is 2.03. The van der Waals surface area contributed by atoms with Crippen molar-refractivity contribution in [1.29, 1.82) is 5.26 Å². The third kappa shape index (κ3) is 3.94. The van der Waals surface area contributed by atoms with Crippen molar-refractivity contribution in [2.45, 2.75) is 13.1 Å². The molecule has 1 amide bonds. The third-order valence-corrected chi connectivity index (χ3v) is 2.89. The lowest BCUT2D eigenvalue weighted by Crippen LogP contribution is -2.31. The van der Waals surface area contributed by atoms with Crippen molar-refractivity contribution in [1.82, 2.24) is 9.88 Å². The zero-order chi connectivity index (χ0) is 15.2. The summed E-state index contributed by atoms with van der Waals surface area (Å²) in [5.74, 6) is -0.285. The number of amides is 1. The van der Waals surface area contributed by atoms with Crippen LogP contribution in [0.3, 0.4) is 0 Å². The van der Waals surface area contributed by atoms with Crippen LogP contribution in [0.5, 0.6) is 0 Å². The summed E-state index contributed by atoms with van der Waals surface area (Å²) in [4.78, 5) is 23.4. The van der Waals surface area contributed by atoms with Gasteiger partial charge in [0.05, 0.1) is 11.6 Å². The molecule has 2 aromatic rings. The maximum atomic E-state index is 11.8. The van der Waals surface area contributed by atoms with Crippen LogP contribution in [-0.4, -0.2) is 10.5 Å². The number of aromatic nitrogens is 1. The molecule has 0 radical (unpaired) electrons. The van der Waals surface area contributed by atoms with Crippen LogP contribution in [-0.2, 0) is 17.9 Å². The number of hydrogen-bond acceptors (Lipinski definition) is 4. The third-order valence-electron chi connectivity index (χ3n) is 2.89. The van der Waals surface area contributed by atoms with Crippen molar-refractivity contribution in [3.05, 3.63) is 64.1 Å². The van der Waals surface area contributed by atoms with Gasteiger partial charge in [0.2, 0.25) is 5.91 Å². The zero-order valence-electron chi connectivity index (χ0n) is 11.2. The molecule has 0 atom stereocenters. The minimum atomic E-state index is -0.285. The van der Waals surface area contributed by atoms with Gasteiger partial charge in [0.1, 0.15) is 6.54 Å². The number of rotatable bonds is 4. The van der Waals surface area contributed by atoms with E-state index in [1.165, 1.54) is 22.9 Å². The second kappa shape index (κ2) is 6.39. The molecule has 1 aromatic carbocycles. The topological polar surface area (TPSA) is 101 Å². The molecule has 3 N–H and O–H groups in total. The largest absolute Gasteiger partial charge is 0.398 e. The van der Waals surface area contributed by atoms with Gasteiger partial charge in [-0.15, -0.1) is 0 Å². The highest BCUT2D eigenvalue weighted by atomic mass is 16.2. The van der Waals surface area contributed by atoms with Gasteiger partial charge < -0.3 is 15.6 Å². The first-order valence-corrected chi connectivity index (χ1v) is 6.30. The highest BCUT2D eigenvalue weighted by molar-refractivity contribution is 5.75. The molecule has 2 rings (SSSR count). The van der Waals surface area contributed by atoms with Crippen LogP contribution in [0.4, 0.5) is 5.69 Å². The summed E-state index contributed by atoms with van der Waals surface area (Å²) in [7, 11) is 0. The van der Waals surface area contributed by atoms with Crippen molar-refractivity contribution >= 4 is 11.6 Å². The Kier molecular flexibility index (Phi) is 4.36. The van der Waals surface area contributed by atoms with Crippen molar-refractivity contribution in [2.24, 2.45) is 0 Å². The number of pyridine rings is 1. The van der Waals surface area contributed by atoms with E-state index in [9.17, 15) is 9.59 Å². The molecule has 0 aliphatic heterocycles. The molecule has 0 bridgehead atoms. The van der Waals surface area contributed by atoms with Gasteiger partial charge in [0.15, 0.2) is 0 Å². The molecule has 1 heterocycles. The molecular formula is C15H14N4O2. The SMILES string of the molecule is N#Cc1ccc(CNC(=O)Cn2cc(N)ccc2=O)cc1. The van der Waals surface area contributed by atoms with E-state index in [2.05, 4.69) is 5.32 Å². The Labute approximate surface area is 121 Å². The van der Waals surface area contributed by atoms with Crippen LogP contribution in [0.2, 0.25) is 0 Å². The van der Waals surface area contributed by atoms with Crippen LogP contribution in [0, 0.1) is 11.3 Å². The van der Waals surface area contributed by atoms with Gasteiger partial charge in [-0.25, -0.2) is 0 Å². The summed E-state index contributed by atoms with van der Waals surface area (Å²) in [5, 5.41) is 11.4. The van der Waals surface area contributed by atoms with Crippen LogP contribution in [0.25, 0.3) is 0 Å². The fourth-order valence-electron chi connectivity index (χ4n) is 1.78. The number of carbonyl (C=O) groups excluding carboxylic acids is 1. The van der Waals surface area contributed by atoms with Crippen molar-refractivity contribution in [3.8, 4) is 6.07 Å². The second-order valence-electron chi connectivity index (χ2n) is 4.51. The molecule has 6 heteroatoms. The van der Waals surface area contributed by atoms with Crippen LogP contribution < -0.4 is 16.6 Å². The number of carbonyl (C=O) groups is 1. The molecule has 6 nitrogen and oxygen atoms in total. The summed E-state index contributed by atoms with van der Waals surface area (Å²) >= 11 is 0. The van der Waals surface area contributed by atoms with E-state index >= 15 is 0 Å². The molecule has 0 aliphatic carbocycles. The summed E-state index contributed by atoms with van der Waals surface area (Å²) in [5.41, 5.74) is 7.17. The monoisotopic (exact) mass is 282 g/mol. The summed E-state index contributed by atoms with van der Waals surface area (Å²) in [6.45, 7) is 0.252. The summed E-state index contributed by atoms with van der Waals surface area (Å²) in [6.07, 6.45) is 1.43.